The number of aromatic nitrogens is 2. The Morgan fingerprint density at radius 1 is 1.19 bits per heavy atom. The van der Waals surface area contributed by atoms with Gasteiger partial charge in [0.2, 0.25) is 5.78 Å². The lowest BCUT2D eigenvalue weighted by Gasteiger charge is -2.27. The Hall–Kier alpha value is -3.52. The molecule has 0 aliphatic carbocycles. The topological polar surface area (TPSA) is 82.2 Å². The van der Waals surface area contributed by atoms with Gasteiger partial charge >= 0.3 is 0 Å². The van der Waals surface area contributed by atoms with Gasteiger partial charge in [0.1, 0.15) is 11.5 Å². The molecule has 3 heterocycles. The fraction of sp³-hybridized carbons (Fsp3) is 0.292. The van der Waals surface area contributed by atoms with Crippen LogP contribution >= 0.6 is 0 Å². The molecule has 0 saturated carbocycles. The van der Waals surface area contributed by atoms with E-state index in [9.17, 15) is 19.1 Å². The maximum atomic E-state index is 14.1. The maximum Gasteiger partial charge on any atom is 0.295 e. The molecule has 1 aromatic carbocycles. The largest absolute Gasteiger partial charge is 0.871 e. The molecule has 1 aliphatic heterocycles. The minimum Gasteiger partial charge on any atom is -0.871 e. The molecule has 0 spiro atoms. The van der Waals surface area contributed by atoms with Crippen LogP contribution in [0.4, 0.5) is 4.39 Å². The van der Waals surface area contributed by atoms with Crippen molar-refractivity contribution in [3.05, 3.63) is 76.5 Å². The van der Waals surface area contributed by atoms with Crippen molar-refractivity contribution >= 4 is 23.1 Å². The predicted molar refractivity (Wildman–Crippen MR) is 115 cm³/mol. The molecule has 1 saturated heterocycles. The number of nitrogens with zero attached hydrogens (tertiary/aromatic N) is 3. The van der Waals surface area contributed by atoms with Crippen molar-refractivity contribution in [1.29, 1.82) is 0 Å². The molecule has 7 nitrogen and oxygen atoms in total. The number of aryl methyl sites for hydroxylation is 2. The summed E-state index contributed by atoms with van der Waals surface area (Å²) in [7, 11) is 3.86. The first-order chi connectivity index (χ1) is 15.2. The van der Waals surface area contributed by atoms with Crippen LogP contribution in [0.25, 0.3) is 11.4 Å². The molecule has 1 atom stereocenters. The first-order valence-electron chi connectivity index (χ1n) is 10.5. The van der Waals surface area contributed by atoms with Gasteiger partial charge in [-0.25, -0.2) is 9.37 Å². The Labute approximate surface area is 185 Å². The summed E-state index contributed by atoms with van der Waals surface area (Å²) in [5, 5.41) is 13.8. The van der Waals surface area contributed by atoms with Crippen molar-refractivity contribution in [2.24, 2.45) is 0 Å². The number of fused-ring (bicyclic) bond motifs is 1. The number of imidazole rings is 1. The number of rotatable bonds is 5. The summed E-state index contributed by atoms with van der Waals surface area (Å²) in [6.45, 7) is 4.41. The molecule has 1 fully saturated rings. The van der Waals surface area contributed by atoms with E-state index in [1.165, 1.54) is 23.1 Å². The van der Waals surface area contributed by atoms with Gasteiger partial charge in [-0.05, 0) is 43.2 Å². The summed E-state index contributed by atoms with van der Waals surface area (Å²) in [5.41, 5.74) is 2.42. The number of likely N-dealkylation sites (tertiary alicyclic amines) is 1. The summed E-state index contributed by atoms with van der Waals surface area (Å²) >= 11 is 0. The highest BCUT2D eigenvalue weighted by Gasteiger charge is 2.44. The highest BCUT2D eigenvalue weighted by Crippen LogP contribution is 2.39. The Morgan fingerprint density at radius 3 is 2.62 bits per heavy atom. The quantitative estimate of drug-likeness (QED) is 0.358. The number of amides is 1. The zero-order valence-corrected chi connectivity index (χ0v) is 18.5. The third-order valence-corrected chi connectivity index (χ3v) is 5.78. The van der Waals surface area contributed by atoms with E-state index in [1.807, 2.05) is 27.1 Å². The smallest absolute Gasteiger partial charge is 0.295 e. The standard InChI is InChI=1S/C24H25FN4O3/c1-14-7-6-10-28-19(15(2)26-23(14)28)21(30)18-20(16-8-5-9-17(25)13-16)29(12-11-27(3)4)24(32)22(18)31/h5-10,13,20,30H,11-12H2,1-4H3/b21-18+. The molecule has 0 bridgehead atoms. The van der Waals surface area contributed by atoms with Gasteiger partial charge in [0.15, 0.2) is 0 Å². The third kappa shape index (κ3) is 3.56. The second-order valence-electron chi connectivity index (χ2n) is 8.42. The van der Waals surface area contributed by atoms with Crippen molar-refractivity contribution in [1.82, 2.24) is 14.3 Å². The first kappa shape index (κ1) is 21.7. The maximum absolute atomic E-state index is 14.1. The lowest BCUT2D eigenvalue weighted by atomic mass is 9.96. The molecule has 3 aromatic rings. The number of hydrogen-bond donors (Lipinski definition) is 1. The highest BCUT2D eigenvalue weighted by molar-refractivity contribution is 6.46. The Balaban J connectivity index is 1.95. The van der Waals surface area contributed by atoms with Gasteiger partial charge in [-0.2, -0.15) is 0 Å². The lowest BCUT2D eigenvalue weighted by Crippen LogP contribution is -3.06. The van der Waals surface area contributed by atoms with E-state index in [2.05, 4.69) is 4.98 Å². The van der Waals surface area contributed by atoms with Crippen molar-refractivity contribution in [3.8, 4) is 0 Å². The van der Waals surface area contributed by atoms with Crippen LogP contribution in [-0.4, -0.2) is 53.2 Å². The predicted octanol–water partition coefficient (Wildman–Crippen LogP) is 0.459. The minimum atomic E-state index is -0.952. The molecular formula is C24H25FN4O3. The fourth-order valence-electron chi connectivity index (χ4n) is 4.19. The molecule has 0 radical (unpaired) electrons. The second-order valence-corrected chi connectivity index (χ2v) is 8.42. The lowest BCUT2D eigenvalue weighted by molar-refractivity contribution is -0.857. The molecule has 8 heteroatoms. The van der Waals surface area contributed by atoms with Gasteiger partial charge in [0.05, 0.1) is 44.6 Å². The normalized spacial score (nSPS) is 18.3. The summed E-state index contributed by atoms with van der Waals surface area (Å²) < 4.78 is 15.7. The molecule has 1 aliphatic rings. The van der Waals surface area contributed by atoms with Gasteiger partial charge < -0.3 is 19.3 Å². The fourth-order valence-corrected chi connectivity index (χ4v) is 4.19. The van der Waals surface area contributed by atoms with Crippen molar-refractivity contribution < 1.29 is 24.0 Å². The van der Waals surface area contributed by atoms with Gasteiger partial charge in [-0.1, -0.05) is 24.0 Å². The molecule has 32 heavy (non-hydrogen) atoms. The number of nitrogens with one attached hydrogen (secondary N) is 1. The molecule has 1 N–H and O–H groups in total. The summed E-state index contributed by atoms with van der Waals surface area (Å²) in [4.78, 5) is 33.0. The number of Topliss-reactive ketones (excluding diaryl/α,β-unsaturated/α-hetero) is 1. The molecule has 4 rings (SSSR count). The number of hydrogen-bond acceptors (Lipinski definition) is 4. The Kier molecular flexibility index (Phi) is 5.56. The van der Waals surface area contributed by atoms with Crippen LogP contribution in [0.2, 0.25) is 0 Å². The van der Waals surface area contributed by atoms with E-state index in [0.717, 1.165) is 10.5 Å². The molecular weight excluding hydrogens is 411 g/mol. The Bertz CT molecular complexity index is 1260. The van der Waals surface area contributed by atoms with Gasteiger partial charge in [0, 0.05) is 11.8 Å². The average molecular weight is 436 g/mol. The monoisotopic (exact) mass is 436 g/mol. The SMILES string of the molecule is Cc1nc2c(C)cccn2c1/C([O-])=C1\C(=O)C(=O)N(CC[NH+](C)C)C1c1cccc(F)c1. The van der Waals surface area contributed by atoms with E-state index in [1.54, 1.807) is 29.7 Å². The van der Waals surface area contributed by atoms with Crippen LogP contribution < -0.4 is 10.0 Å². The average Bonchev–Trinajstić information content (AvgIpc) is 3.21. The molecule has 2 aromatic heterocycles. The van der Waals surface area contributed by atoms with Crippen LogP contribution in [0.5, 0.6) is 0 Å². The van der Waals surface area contributed by atoms with Crippen molar-refractivity contribution in [2.45, 2.75) is 19.9 Å². The summed E-state index contributed by atoms with van der Waals surface area (Å²) in [5.74, 6) is -2.65. The summed E-state index contributed by atoms with van der Waals surface area (Å²) in [6.07, 6.45) is 1.71. The number of quaternary nitrogens is 1. The van der Waals surface area contributed by atoms with Crippen LogP contribution in [0.1, 0.15) is 28.6 Å². The van der Waals surface area contributed by atoms with Gasteiger partial charge in [-0.15, -0.1) is 0 Å². The minimum absolute atomic E-state index is 0.166. The number of pyridine rings is 1. The van der Waals surface area contributed by atoms with Crippen molar-refractivity contribution in [3.63, 3.8) is 0 Å². The first-order valence-corrected chi connectivity index (χ1v) is 10.5. The summed E-state index contributed by atoms with van der Waals surface area (Å²) in [6, 6.07) is 8.43. The van der Waals surface area contributed by atoms with Gasteiger partial charge in [0.25, 0.3) is 5.91 Å². The van der Waals surface area contributed by atoms with Crippen LogP contribution in [0.15, 0.2) is 48.2 Å². The zero-order valence-electron chi connectivity index (χ0n) is 18.5. The van der Waals surface area contributed by atoms with Crippen LogP contribution in [-0.2, 0) is 9.59 Å². The molecule has 1 amide bonds. The van der Waals surface area contributed by atoms with Gasteiger partial charge in [-0.3, -0.25) is 9.59 Å². The van der Waals surface area contributed by atoms with Crippen molar-refractivity contribution in [2.75, 3.05) is 27.2 Å². The molecule has 1 unspecified atom stereocenters. The van der Waals surface area contributed by atoms with E-state index in [4.69, 9.17) is 0 Å². The van der Waals surface area contributed by atoms with E-state index < -0.39 is 29.3 Å². The number of carbonyl (C=O) groups excluding carboxylic acids is 2. The zero-order chi connectivity index (χ0) is 23.2. The third-order valence-electron chi connectivity index (χ3n) is 5.78. The number of halogens is 1. The number of benzene rings is 1. The van der Waals surface area contributed by atoms with E-state index >= 15 is 0 Å². The number of ketones is 1. The van der Waals surface area contributed by atoms with E-state index in [-0.39, 0.29) is 17.8 Å². The highest BCUT2D eigenvalue weighted by atomic mass is 19.1. The number of carbonyl (C=O) groups is 2. The second kappa shape index (κ2) is 8.20. The van der Waals surface area contributed by atoms with Crippen LogP contribution in [0, 0.1) is 19.7 Å². The van der Waals surface area contributed by atoms with Crippen LogP contribution in [0.3, 0.4) is 0 Å². The Morgan fingerprint density at radius 2 is 1.94 bits per heavy atom. The number of likely N-dealkylation sites (N-methyl/N-ethyl adjacent to an activating group) is 1. The molecule has 166 valence electrons. The van der Waals surface area contributed by atoms with E-state index in [0.29, 0.717) is 23.4 Å².